The molecule has 4 aromatic rings. The van der Waals surface area contributed by atoms with Crippen LogP contribution in [0, 0.1) is 0 Å². The third-order valence-electron chi connectivity index (χ3n) is 4.79. The molecule has 0 atom stereocenters. The molecule has 2 aromatic heterocycles. The van der Waals surface area contributed by atoms with E-state index in [1.165, 1.54) is 12.1 Å². The molecule has 0 fully saturated rings. The van der Waals surface area contributed by atoms with Gasteiger partial charge in [0.25, 0.3) is 0 Å². The lowest BCUT2D eigenvalue weighted by Crippen LogP contribution is -2.36. The van der Waals surface area contributed by atoms with E-state index in [4.69, 9.17) is 0 Å². The first-order valence-corrected chi connectivity index (χ1v) is 9.81. The summed E-state index contributed by atoms with van der Waals surface area (Å²) in [5.41, 5.74) is 11.2. The number of imidazole rings is 1. The lowest BCUT2D eigenvalue weighted by atomic mass is 10.2. The maximum absolute atomic E-state index is 12.5. The first-order valence-electron chi connectivity index (χ1n) is 9.81. The Morgan fingerprint density at radius 2 is 1.97 bits per heavy atom. The fourth-order valence-electron chi connectivity index (χ4n) is 3.32. The van der Waals surface area contributed by atoms with Gasteiger partial charge in [0.2, 0.25) is 0 Å². The molecule has 0 saturated heterocycles. The number of benzene rings is 2. The van der Waals surface area contributed by atoms with Crippen LogP contribution in [0.1, 0.15) is 5.69 Å². The van der Waals surface area contributed by atoms with Gasteiger partial charge in [-0.2, -0.15) is 8.78 Å². The highest BCUT2D eigenvalue weighted by molar-refractivity contribution is 5.81. The van der Waals surface area contributed by atoms with Crippen LogP contribution in [0.3, 0.4) is 0 Å². The van der Waals surface area contributed by atoms with Crippen LogP contribution in [0.4, 0.5) is 14.5 Å². The summed E-state index contributed by atoms with van der Waals surface area (Å²) in [6.45, 7) is -2.87. The molecule has 1 aliphatic heterocycles. The van der Waals surface area contributed by atoms with Crippen LogP contribution in [0.5, 0.6) is 5.75 Å². The Balaban J connectivity index is 1.31. The highest BCUT2D eigenvalue weighted by Gasteiger charge is 2.11. The number of fused-ring (bicyclic) bond motifs is 1. The molecule has 0 saturated carbocycles. The molecule has 0 radical (unpaired) electrons. The Kier molecular flexibility index (Phi) is 5.12. The van der Waals surface area contributed by atoms with E-state index in [2.05, 4.69) is 30.5 Å². The Bertz CT molecular complexity index is 1300. The molecule has 5 rings (SSSR count). The van der Waals surface area contributed by atoms with Crippen LogP contribution in [-0.4, -0.2) is 26.7 Å². The highest BCUT2D eigenvalue weighted by atomic mass is 19.3. The molecule has 0 amide bonds. The van der Waals surface area contributed by atoms with Gasteiger partial charge in [0, 0.05) is 35.8 Å². The molecule has 2 aromatic carbocycles. The molecule has 1 aliphatic rings. The molecule has 0 spiro atoms. The smallest absolute Gasteiger partial charge is 0.387 e. The van der Waals surface area contributed by atoms with Crippen molar-refractivity contribution in [1.29, 1.82) is 0 Å². The van der Waals surface area contributed by atoms with Gasteiger partial charge < -0.3 is 9.72 Å². The molecule has 3 heterocycles. The van der Waals surface area contributed by atoms with E-state index in [-0.39, 0.29) is 5.75 Å². The molecule has 3 N–H and O–H groups in total. The predicted octanol–water partition coefficient (Wildman–Crippen LogP) is 4.93. The molecular weight excluding hydrogens is 414 g/mol. The molecule has 7 nitrogen and oxygen atoms in total. The monoisotopic (exact) mass is 432 g/mol. The maximum Gasteiger partial charge on any atom is 0.387 e. The van der Waals surface area contributed by atoms with Gasteiger partial charge in [0.05, 0.1) is 22.4 Å². The zero-order valence-corrected chi connectivity index (χ0v) is 16.7. The second-order valence-electron chi connectivity index (χ2n) is 6.96. The number of pyridine rings is 1. The lowest BCUT2D eigenvalue weighted by molar-refractivity contribution is -0.0497. The first-order chi connectivity index (χ1) is 15.6. The van der Waals surface area contributed by atoms with Gasteiger partial charge in [-0.3, -0.25) is 15.8 Å². The number of halogens is 2. The van der Waals surface area contributed by atoms with Crippen molar-refractivity contribution >= 4 is 22.3 Å². The Morgan fingerprint density at radius 1 is 1.03 bits per heavy atom. The van der Waals surface area contributed by atoms with Gasteiger partial charge in [-0.1, -0.05) is 18.2 Å². The second-order valence-corrected chi connectivity index (χ2v) is 6.96. The average Bonchev–Trinajstić information content (AvgIpc) is 3.24. The summed E-state index contributed by atoms with van der Waals surface area (Å²) in [5.74, 6) is 0.705. The van der Waals surface area contributed by atoms with Crippen LogP contribution in [0.25, 0.3) is 28.0 Å². The minimum atomic E-state index is -2.87. The number of aromatic nitrogens is 3. The summed E-state index contributed by atoms with van der Waals surface area (Å²) in [6, 6.07) is 18.1. The molecular formula is C23H18F2N6O. The number of allylic oxidation sites excluding steroid dienone is 2. The predicted molar refractivity (Wildman–Crippen MR) is 118 cm³/mol. The molecule has 9 heteroatoms. The number of nitrogens with zero attached hydrogens (tertiary/aromatic N) is 3. The van der Waals surface area contributed by atoms with E-state index in [1.54, 1.807) is 17.4 Å². The number of H-pyrrole nitrogens is 1. The van der Waals surface area contributed by atoms with Crippen molar-refractivity contribution in [2.24, 2.45) is 0 Å². The quantitative estimate of drug-likeness (QED) is 0.401. The number of nitrogens with one attached hydrogen (secondary N) is 3. The van der Waals surface area contributed by atoms with Gasteiger partial charge in [-0.25, -0.2) is 10.1 Å². The number of hydrogen-bond donors (Lipinski definition) is 3. The van der Waals surface area contributed by atoms with Gasteiger partial charge in [-0.05, 0) is 42.5 Å². The topological polar surface area (TPSA) is 78.1 Å². The van der Waals surface area contributed by atoms with Crippen molar-refractivity contribution in [3.8, 4) is 17.1 Å². The van der Waals surface area contributed by atoms with E-state index < -0.39 is 6.61 Å². The van der Waals surface area contributed by atoms with E-state index in [1.807, 2.05) is 60.9 Å². The normalized spacial score (nSPS) is 13.2. The van der Waals surface area contributed by atoms with Crippen molar-refractivity contribution in [3.05, 3.63) is 91.0 Å². The molecule has 0 aliphatic carbocycles. The van der Waals surface area contributed by atoms with Crippen molar-refractivity contribution in [3.63, 3.8) is 0 Å². The standard InChI is InChI=1S/C23H18F2N6O/c24-23(25)32-18-7-8-20-21(13-18)29-22(28-20)15-4-3-5-17(12-15)30-31-11-9-16(14-27-31)19-6-1-2-10-26-19/h1-14,23,27,30H,(H,28,29). The zero-order chi connectivity index (χ0) is 21.9. The van der Waals surface area contributed by atoms with Crippen molar-refractivity contribution in [1.82, 2.24) is 25.5 Å². The lowest BCUT2D eigenvalue weighted by Gasteiger charge is -2.25. The van der Waals surface area contributed by atoms with Crippen LogP contribution in [0.2, 0.25) is 0 Å². The Hall–Kier alpha value is -4.40. The van der Waals surface area contributed by atoms with Crippen molar-refractivity contribution in [2.45, 2.75) is 6.61 Å². The molecule has 0 unspecified atom stereocenters. The number of hydrogen-bond acceptors (Lipinski definition) is 6. The first kappa shape index (κ1) is 19.6. The largest absolute Gasteiger partial charge is 0.435 e. The highest BCUT2D eigenvalue weighted by Crippen LogP contribution is 2.26. The summed E-state index contributed by atoms with van der Waals surface area (Å²) in [7, 11) is 0. The third kappa shape index (κ3) is 4.22. The second kappa shape index (κ2) is 8.38. The van der Waals surface area contributed by atoms with E-state index >= 15 is 0 Å². The van der Waals surface area contributed by atoms with Gasteiger partial charge in [0.1, 0.15) is 11.6 Å². The van der Waals surface area contributed by atoms with Crippen LogP contribution in [0.15, 0.2) is 85.3 Å². The average molecular weight is 432 g/mol. The maximum atomic E-state index is 12.5. The van der Waals surface area contributed by atoms with E-state index in [0.29, 0.717) is 16.9 Å². The minimum absolute atomic E-state index is 0.0826. The van der Waals surface area contributed by atoms with E-state index in [9.17, 15) is 8.78 Å². The Morgan fingerprint density at radius 3 is 2.75 bits per heavy atom. The number of rotatable bonds is 6. The van der Waals surface area contributed by atoms with Gasteiger partial charge in [0.15, 0.2) is 0 Å². The summed E-state index contributed by atoms with van der Waals surface area (Å²) >= 11 is 0. The number of hydrazine groups is 2. The van der Waals surface area contributed by atoms with E-state index in [0.717, 1.165) is 22.5 Å². The van der Waals surface area contributed by atoms with Gasteiger partial charge in [-0.15, -0.1) is 0 Å². The summed E-state index contributed by atoms with van der Waals surface area (Å²) in [4.78, 5) is 12.0. The van der Waals surface area contributed by atoms with Gasteiger partial charge >= 0.3 is 6.61 Å². The third-order valence-corrected chi connectivity index (χ3v) is 4.79. The fraction of sp³-hybridized carbons (Fsp3) is 0.0435. The molecule has 32 heavy (non-hydrogen) atoms. The summed E-state index contributed by atoms with van der Waals surface area (Å²) < 4.78 is 29.4. The number of anilines is 1. The van der Waals surface area contributed by atoms with Crippen molar-refractivity contribution in [2.75, 3.05) is 5.43 Å². The molecule has 160 valence electrons. The van der Waals surface area contributed by atoms with Crippen LogP contribution >= 0.6 is 0 Å². The fourth-order valence-corrected chi connectivity index (χ4v) is 3.32. The Labute approximate surface area is 182 Å². The SMILES string of the molecule is FC(F)Oc1ccc2nc(-c3cccc(NN4C=CC(c5ccccn5)=CN4)c3)[nH]c2c1. The zero-order valence-electron chi connectivity index (χ0n) is 16.7. The number of aromatic amines is 1. The summed E-state index contributed by atoms with van der Waals surface area (Å²) in [6.07, 6.45) is 7.43. The number of alkyl halides is 2. The minimum Gasteiger partial charge on any atom is -0.435 e. The number of ether oxygens (including phenoxy) is 1. The van der Waals surface area contributed by atoms with Crippen LogP contribution < -0.4 is 15.6 Å². The van der Waals surface area contributed by atoms with Crippen molar-refractivity contribution < 1.29 is 13.5 Å². The van der Waals surface area contributed by atoms with Crippen LogP contribution in [-0.2, 0) is 0 Å². The molecule has 0 bridgehead atoms. The summed E-state index contributed by atoms with van der Waals surface area (Å²) in [5, 5.41) is 1.72.